The molecule has 0 spiro atoms. The first-order valence-corrected chi connectivity index (χ1v) is 11.8. The summed E-state index contributed by atoms with van der Waals surface area (Å²) in [6.45, 7) is 3.25. The minimum absolute atomic E-state index is 0.0388. The Morgan fingerprint density at radius 3 is 2.87 bits per heavy atom. The van der Waals surface area contributed by atoms with Crippen molar-refractivity contribution in [1.29, 1.82) is 0 Å². The molecule has 31 heavy (non-hydrogen) atoms. The molecule has 2 aromatic rings. The van der Waals surface area contributed by atoms with Crippen LogP contribution in [0.2, 0.25) is 0 Å². The average Bonchev–Trinajstić information content (AvgIpc) is 3.23. The van der Waals surface area contributed by atoms with E-state index in [4.69, 9.17) is 4.74 Å². The van der Waals surface area contributed by atoms with Crippen LogP contribution in [0.4, 0.5) is 10.3 Å². The van der Waals surface area contributed by atoms with Crippen LogP contribution in [0.25, 0.3) is 5.69 Å². The van der Waals surface area contributed by atoms with E-state index in [1.54, 1.807) is 6.07 Å². The number of halogens is 1. The maximum absolute atomic E-state index is 13.9. The van der Waals surface area contributed by atoms with E-state index in [9.17, 15) is 9.18 Å². The molecule has 1 aliphatic carbocycles. The number of morpholine rings is 1. The van der Waals surface area contributed by atoms with Crippen LogP contribution in [0.3, 0.4) is 0 Å². The predicted octanol–water partition coefficient (Wildman–Crippen LogP) is 3.34. The number of carbonyl (C=O) groups is 1. The molecule has 1 aromatic carbocycles. The third-order valence-electron chi connectivity index (χ3n) is 5.46. The Hall–Kier alpha value is -2.39. The Morgan fingerprint density at radius 1 is 1.23 bits per heavy atom. The van der Waals surface area contributed by atoms with Crippen LogP contribution in [0.15, 0.2) is 41.1 Å². The minimum Gasteiger partial charge on any atom is -0.378 e. The quantitative estimate of drug-likeness (QED) is 0.496. The van der Waals surface area contributed by atoms with Crippen molar-refractivity contribution in [3.8, 4) is 5.69 Å². The van der Waals surface area contributed by atoms with E-state index in [0.717, 1.165) is 19.3 Å². The Labute approximate surface area is 186 Å². The highest BCUT2D eigenvalue weighted by Gasteiger charge is 2.22. The molecule has 0 saturated carbocycles. The van der Waals surface area contributed by atoms with Gasteiger partial charge in [0.25, 0.3) is 0 Å². The van der Waals surface area contributed by atoms with Crippen molar-refractivity contribution in [2.24, 2.45) is 0 Å². The van der Waals surface area contributed by atoms with E-state index in [0.29, 0.717) is 49.6 Å². The molecule has 4 rings (SSSR count). The van der Waals surface area contributed by atoms with Gasteiger partial charge >= 0.3 is 0 Å². The zero-order valence-electron chi connectivity index (χ0n) is 17.6. The van der Waals surface area contributed by atoms with Gasteiger partial charge in [0.05, 0.1) is 24.7 Å². The highest BCUT2D eigenvalue weighted by atomic mass is 32.2. The van der Waals surface area contributed by atoms with Gasteiger partial charge in [-0.15, -0.1) is 10.2 Å². The average molecular weight is 446 g/mol. The molecule has 1 aromatic heterocycles. The number of rotatable bonds is 8. The van der Waals surface area contributed by atoms with Crippen molar-refractivity contribution in [3.05, 3.63) is 41.7 Å². The zero-order chi connectivity index (χ0) is 21.5. The van der Waals surface area contributed by atoms with Gasteiger partial charge in [-0.3, -0.25) is 9.36 Å². The van der Waals surface area contributed by atoms with Crippen LogP contribution >= 0.6 is 11.8 Å². The normalized spacial score (nSPS) is 16.8. The minimum atomic E-state index is -0.329. The Kier molecular flexibility index (Phi) is 7.58. The van der Waals surface area contributed by atoms with E-state index in [-0.39, 0.29) is 17.5 Å². The largest absolute Gasteiger partial charge is 0.378 e. The molecule has 0 unspecified atom stereocenters. The topological polar surface area (TPSA) is 72.3 Å². The van der Waals surface area contributed by atoms with Gasteiger partial charge in [0.2, 0.25) is 11.9 Å². The summed E-state index contributed by atoms with van der Waals surface area (Å²) in [4.78, 5) is 14.4. The molecule has 0 atom stereocenters. The fraction of sp³-hybridized carbons (Fsp3) is 0.500. The Balaban J connectivity index is 1.41. The van der Waals surface area contributed by atoms with Crippen LogP contribution in [0, 0.1) is 5.82 Å². The standard InChI is InChI=1S/C22H28FN5O2S/c23-18-7-4-8-19(15-18)28-21(27-11-13-30-14-12-27)25-26-22(28)31-16-20(29)24-10-9-17-5-2-1-3-6-17/h4-5,7-8,15H,1-3,6,9-14,16H2,(H,24,29). The number of thioether (sulfide) groups is 1. The number of nitrogens with zero attached hydrogens (tertiary/aromatic N) is 4. The second kappa shape index (κ2) is 10.8. The molecule has 2 aliphatic rings. The van der Waals surface area contributed by atoms with Crippen molar-refractivity contribution < 1.29 is 13.9 Å². The van der Waals surface area contributed by atoms with Gasteiger partial charge in [0.15, 0.2) is 5.16 Å². The van der Waals surface area contributed by atoms with Crippen LogP contribution in [-0.4, -0.2) is 59.3 Å². The van der Waals surface area contributed by atoms with Gasteiger partial charge in [-0.05, 0) is 50.3 Å². The number of anilines is 1. The van der Waals surface area contributed by atoms with Gasteiger partial charge in [-0.2, -0.15) is 0 Å². The molecule has 9 heteroatoms. The smallest absolute Gasteiger partial charge is 0.232 e. The molecule has 166 valence electrons. The fourth-order valence-corrected chi connectivity index (χ4v) is 4.62. The van der Waals surface area contributed by atoms with Crippen molar-refractivity contribution in [2.45, 2.75) is 37.3 Å². The number of benzene rings is 1. The molecule has 1 aliphatic heterocycles. The van der Waals surface area contributed by atoms with Gasteiger partial charge in [0, 0.05) is 19.6 Å². The summed E-state index contributed by atoms with van der Waals surface area (Å²) in [5.41, 5.74) is 2.08. The molecule has 1 N–H and O–H groups in total. The van der Waals surface area contributed by atoms with Gasteiger partial charge in [-0.1, -0.05) is 29.5 Å². The van der Waals surface area contributed by atoms with Crippen LogP contribution in [0.1, 0.15) is 32.1 Å². The molecule has 1 amide bonds. The first-order chi connectivity index (χ1) is 15.2. The lowest BCUT2D eigenvalue weighted by molar-refractivity contribution is -0.118. The number of nitrogens with one attached hydrogen (secondary N) is 1. The second-order valence-electron chi connectivity index (χ2n) is 7.69. The van der Waals surface area contributed by atoms with E-state index >= 15 is 0 Å². The van der Waals surface area contributed by atoms with E-state index < -0.39 is 0 Å². The van der Waals surface area contributed by atoms with Crippen LogP contribution in [-0.2, 0) is 9.53 Å². The molecular formula is C22H28FN5O2S. The number of hydrogen-bond acceptors (Lipinski definition) is 6. The Bertz CT molecular complexity index is 926. The summed E-state index contributed by atoms with van der Waals surface area (Å²) in [5, 5.41) is 12.2. The lowest BCUT2D eigenvalue weighted by Crippen LogP contribution is -2.37. The number of ether oxygens (including phenoxy) is 1. The first kappa shape index (κ1) is 21.8. The van der Waals surface area contributed by atoms with Crippen LogP contribution < -0.4 is 10.2 Å². The Morgan fingerprint density at radius 2 is 2.10 bits per heavy atom. The molecular weight excluding hydrogens is 417 g/mol. The number of amides is 1. The molecule has 1 saturated heterocycles. The summed E-state index contributed by atoms with van der Waals surface area (Å²) >= 11 is 1.31. The second-order valence-corrected chi connectivity index (χ2v) is 8.64. The zero-order valence-corrected chi connectivity index (χ0v) is 18.4. The number of allylic oxidation sites excluding steroid dienone is 1. The third kappa shape index (κ3) is 5.86. The SMILES string of the molecule is O=C(CSc1nnc(N2CCOCC2)n1-c1cccc(F)c1)NCCC1=CCCCC1. The summed E-state index contributed by atoms with van der Waals surface area (Å²) in [6.07, 6.45) is 8.03. The molecule has 1 fully saturated rings. The van der Waals surface area contributed by atoms with E-state index in [1.165, 1.54) is 42.3 Å². The molecule has 2 heterocycles. The summed E-state index contributed by atoms with van der Waals surface area (Å²) in [7, 11) is 0. The number of carbonyl (C=O) groups excluding carboxylic acids is 1. The van der Waals surface area contributed by atoms with E-state index in [1.807, 2.05) is 10.6 Å². The number of hydrogen-bond donors (Lipinski definition) is 1. The molecule has 7 nitrogen and oxygen atoms in total. The van der Waals surface area contributed by atoms with Crippen molar-refractivity contribution in [1.82, 2.24) is 20.1 Å². The monoisotopic (exact) mass is 445 g/mol. The van der Waals surface area contributed by atoms with Crippen molar-refractivity contribution in [2.75, 3.05) is 43.5 Å². The number of aromatic nitrogens is 3. The maximum atomic E-state index is 13.9. The highest BCUT2D eigenvalue weighted by molar-refractivity contribution is 7.99. The van der Waals surface area contributed by atoms with E-state index in [2.05, 4.69) is 26.5 Å². The summed E-state index contributed by atoms with van der Waals surface area (Å²) in [5.74, 6) is 0.504. The van der Waals surface area contributed by atoms with Gasteiger partial charge < -0.3 is 15.0 Å². The summed E-state index contributed by atoms with van der Waals surface area (Å²) in [6, 6.07) is 6.34. The van der Waals surface area contributed by atoms with Crippen molar-refractivity contribution in [3.63, 3.8) is 0 Å². The predicted molar refractivity (Wildman–Crippen MR) is 119 cm³/mol. The maximum Gasteiger partial charge on any atom is 0.232 e. The summed E-state index contributed by atoms with van der Waals surface area (Å²) < 4.78 is 21.2. The molecule has 0 radical (unpaired) electrons. The highest BCUT2D eigenvalue weighted by Crippen LogP contribution is 2.27. The van der Waals surface area contributed by atoms with Gasteiger partial charge in [-0.25, -0.2) is 4.39 Å². The fourth-order valence-electron chi connectivity index (χ4n) is 3.84. The third-order valence-corrected chi connectivity index (χ3v) is 6.39. The lowest BCUT2D eigenvalue weighted by atomic mass is 9.97. The molecule has 0 bridgehead atoms. The van der Waals surface area contributed by atoms with Crippen LogP contribution in [0.5, 0.6) is 0 Å². The van der Waals surface area contributed by atoms with Gasteiger partial charge in [0.1, 0.15) is 5.82 Å². The van der Waals surface area contributed by atoms with Crippen molar-refractivity contribution >= 4 is 23.6 Å². The first-order valence-electron chi connectivity index (χ1n) is 10.8. The lowest BCUT2D eigenvalue weighted by Gasteiger charge is -2.27.